The van der Waals surface area contributed by atoms with Gasteiger partial charge in [0.25, 0.3) is 0 Å². The number of rotatable bonds is 2. The van der Waals surface area contributed by atoms with Gasteiger partial charge >= 0.3 is 5.97 Å². The van der Waals surface area contributed by atoms with Crippen LogP contribution in [0.1, 0.15) is 35.2 Å². The zero-order chi connectivity index (χ0) is 16.0. The molecular formula is C20H22ClNO2. The topological polar surface area (TPSA) is 49.3 Å². The summed E-state index contributed by atoms with van der Waals surface area (Å²) in [5.74, 6) is 0.569. The Balaban J connectivity index is 0.00000169. The van der Waals surface area contributed by atoms with Crippen LogP contribution in [0.4, 0.5) is 0 Å². The van der Waals surface area contributed by atoms with E-state index in [-0.39, 0.29) is 12.4 Å². The molecule has 0 amide bonds. The Morgan fingerprint density at radius 1 is 1.21 bits per heavy atom. The number of allylic oxidation sites excluding steroid dienone is 5. The van der Waals surface area contributed by atoms with Crippen LogP contribution in [0.25, 0.3) is 0 Å². The molecule has 4 rings (SSSR count). The zero-order valence-corrected chi connectivity index (χ0v) is 14.5. The molecule has 126 valence electrons. The highest BCUT2D eigenvalue weighted by Gasteiger charge is 2.42. The van der Waals surface area contributed by atoms with Crippen LogP contribution < -0.4 is 5.32 Å². The molecule has 0 aromatic heterocycles. The van der Waals surface area contributed by atoms with E-state index in [1.807, 2.05) is 12.1 Å². The van der Waals surface area contributed by atoms with Crippen LogP contribution in [-0.2, 0) is 0 Å². The van der Waals surface area contributed by atoms with Gasteiger partial charge in [-0.05, 0) is 54.6 Å². The van der Waals surface area contributed by atoms with Crippen molar-refractivity contribution in [3.63, 3.8) is 0 Å². The number of benzene rings is 1. The van der Waals surface area contributed by atoms with Crippen LogP contribution in [0.2, 0.25) is 0 Å². The van der Waals surface area contributed by atoms with Gasteiger partial charge in [-0.1, -0.05) is 35.9 Å². The van der Waals surface area contributed by atoms with Crippen molar-refractivity contribution in [1.29, 1.82) is 0 Å². The van der Waals surface area contributed by atoms with Crippen LogP contribution in [0.15, 0.2) is 59.2 Å². The summed E-state index contributed by atoms with van der Waals surface area (Å²) in [7, 11) is 0. The van der Waals surface area contributed by atoms with Gasteiger partial charge in [0.2, 0.25) is 0 Å². The second-order valence-electron chi connectivity index (χ2n) is 6.78. The predicted octanol–water partition coefficient (Wildman–Crippen LogP) is 3.94. The molecule has 2 N–H and O–H groups in total. The summed E-state index contributed by atoms with van der Waals surface area (Å²) in [4.78, 5) is 11.1. The minimum absolute atomic E-state index is 0. The average Bonchev–Trinajstić information content (AvgIpc) is 2.88. The van der Waals surface area contributed by atoms with E-state index < -0.39 is 5.97 Å². The third-order valence-corrected chi connectivity index (χ3v) is 5.46. The lowest BCUT2D eigenvalue weighted by Crippen LogP contribution is -2.31. The third-order valence-electron chi connectivity index (χ3n) is 5.46. The second kappa shape index (κ2) is 6.58. The molecule has 1 heterocycles. The van der Waals surface area contributed by atoms with Crippen molar-refractivity contribution in [3.8, 4) is 0 Å². The summed E-state index contributed by atoms with van der Waals surface area (Å²) in [5, 5.41) is 12.6. The molecule has 3 nitrogen and oxygen atoms in total. The average molecular weight is 344 g/mol. The van der Waals surface area contributed by atoms with E-state index in [1.165, 1.54) is 16.7 Å². The Morgan fingerprint density at radius 3 is 2.67 bits per heavy atom. The summed E-state index contributed by atoms with van der Waals surface area (Å²) in [6.45, 7) is 4.20. The number of carbonyl (C=O) groups is 1. The fourth-order valence-electron chi connectivity index (χ4n) is 4.42. The Labute approximate surface area is 148 Å². The van der Waals surface area contributed by atoms with Gasteiger partial charge in [0, 0.05) is 18.4 Å². The monoisotopic (exact) mass is 343 g/mol. The van der Waals surface area contributed by atoms with E-state index >= 15 is 0 Å². The molecular weight excluding hydrogens is 322 g/mol. The van der Waals surface area contributed by atoms with Gasteiger partial charge in [0.1, 0.15) is 0 Å². The van der Waals surface area contributed by atoms with Crippen LogP contribution in [0.5, 0.6) is 0 Å². The van der Waals surface area contributed by atoms with E-state index in [9.17, 15) is 4.79 Å². The van der Waals surface area contributed by atoms with E-state index in [0.717, 1.165) is 19.5 Å². The lowest BCUT2D eigenvalue weighted by atomic mass is 9.76. The quantitative estimate of drug-likeness (QED) is 0.855. The minimum atomic E-state index is -0.860. The lowest BCUT2D eigenvalue weighted by molar-refractivity contribution is 0.0697. The van der Waals surface area contributed by atoms with Gasteiger partial charge in [-0.3, -0.25) is 0 Å². The van der Waals surface area contributed by atoms with Crippen molar-refractivity contribution in [3.05, 3.63) is 70.3 Å². The Bertz CT molecular complexity index is 745. The first kappa shape index (κ1) is 17.0. The standard InChI is InChI=1S/C20H21NO2.ClH/c1-12-2-7-15-17(10-12)19(16-8-9-21-11-18(15)16)13-3-5-14(6-4-13)20(22)23;/h2-7,10,16-17,19,21H,8-9,11H2,1H3,(H,22,23);1H. The van der Waals surface area contributed by atoms with Crippen molar-refractivity contribution in [2.45, 2.75) is 19.3 Å². The van der Waals surface area contributed by atoms with E-state index in [2.05, 4.69) is 30.5 Å². The number of hydrogen-bond acceptors (Lipinski definition) is 2. The van der Waals surface area contributed by atoms with Gasteiger partial charge in [-0.15, -0.1) is 12.4 Å². The third kappa shape index (κ3) is 2.72. The number of fused-ring (bicyclic) bond motifs is 2. The van der Waals surface area contributed by atoms with Crippen LogP contribution in [0.3, 0.4) is 0 Å². The molecule has 2 aliphatic carbocycles. The number of aromatic carboxylic acids is 1. The molecule has 0 saturated carbocycles. The van der Waals surface area contributed by atoms with Gasteiger partial charge in [0.05, 0.1) is 5.56 Å². The number of piperidine rings is 1. The molecule has 3 aliphatic rings. The summed E-state index contributed by atoms with van der Waals surface area (Å²) in [6, 6.07) is 7.51. The number of nitrogens with one attached hydrogen (secondary N) is 1. The summed E-state index contributed by atoms with van der Waals surface area (Å²) in [5.41, 5.74) is 5.96. The molecule has 0 spiro atoms. The van der Waals surface area contributed by atoms with Gasteiger partial charge < -0.3 is 10.4 Å². The molecule has 1 aromatic rings. The van der Waals surface area contributed by atoms with Crippen molar-refractivity contribution in [2.75, 3.05) is 13.1 Å². The maximum atomic E-state index is 11.1. The molecule has 1 fully saturated rings. The molecule has 3 unspecified atom stereocenters. The molecule has 1 aromatic carbocycles. The lowest BCUT2D eigenvalue weighted by Gasteiger charge is -2.30. The Morgan fingerprint density at radius 2 is 1.96 bits per heavy atom. The first-order valence-corrected chi connectivity index (χ1v) is 8.28. The maximum Gasteiger partial charge on any atom is 0.335 e. The maximum absolute atomic E-state index is 11.1. The van der Waals surface area contributed by atoms with E-state index in [1.54, 1.807) is 17.7 Å². The van der Waals surface area contributed by atoms with Gasteiger partial charge in [-0.2, -0.15) is 0 Å². The largest absolute Gasteiger partial charge is 0.478 e. The van der Waals surface area contributed by atoms with Crippen molar-refractivity contribution in [1.82, 2.24) is 5.32 Å². The molecule has 4 heteroatoms. The summed E-state index contributed by atoms with van der Waals surface area (Å²) < 4.78 is 0. The highest BCUT2D eigenvalue weighted by molar-refractivity contribution is 5.87. The second-order valence-corrected chi connectivity index (χ2v) is 6.78. The molecule has 0 bridgehead atoms. The van der Waals surface area contributed by atoms with E-state index in [4.69, 9.17) is 5.11 Å². The zero-order valence-electron chi connectivity index (χ0n) is 13.7. The molecule has 1 saturated heterocycles. The van der Waals surface area contributed by atoms with Crippen molar-refractivity contribution in [2.24, 2.45) is 11.8 Å². The number of halogens is 1. The normalized spacial score (nSPS) is 27.9. The SMILES string of the molecule is CC1=CC2C(=C3CNCCC3C2c2ccc(C(=O)O)cc2)C=C1.Cl. The smallest absolute Gasteiger partial charge is 0.335 e. The highest BCUT2D eigenvalue weighted by atomic mass is 35.5. The molecule has 24 heavy (non-hydrogen) atoms. The first-order chi connectivity index (χ1) is 11.1. The van der Waals surface area contributed by atoms with Crippen molar-refractivity contribution >= 4 is 18.4 Å². The molecule has 1 aliphatic heterocycles. The number of carboxylic acid groups (broad SMARTS) is 1. The van der Waals surface area contributed by atoms with Gasteiger partial charge in [0.15, 0.2) is 0 Å². The van der Waals surface area contributed by atoms with Crippen LogP contribution in [-0.4, -0.2) is 24.2 Å². The number of hydrogen-bond donors (Lipinski definition) is 2. The molecule has 0 radical (unpaired) electrons. The minimum Gasteiger partial charge on any atom is -0.478 e. The van der Waals surface area contributed by atoms with Crippen LogP contribution >= 0.6 is 12.4 Å². The highest BCUT2D eigenvalue weighted by Crippen LogP contribution is 2.52. The Hall–Kier alpha value is -1.84. The van der Waals surface area contributed by atoms with E-state index in [0.29, 0.717) is 23.3 Å². The van der Waals surface area contributed by atoms with Crippen LogP contribution in [0, 0.1) is 11.8 Å². The Kier molecular flexibility index (Phi) is 4.66. The first-order valence-electron chi connectivity index (χ1n) is 8.28. The van der Waals surface area contributed by atoms with Crippen molar-refractivity contribution < 1.29 is 9.90 Å². The summed E-state index contributed by atoms with van der Waals surface area (Å²) in [6.07, 6.45) is 8.04. The molecule has 3 atom stereocenters. The predicted molar refractivity (Wildman–Crippen MR) is 97.8 cm³/mol. The number of carboxylic acids is 1. The summed E-state index contributed by atoms with van der Waals surface area (Å²) >= 11 is 0. The van der Waals surface area contributed by atoms with Gasteiger partial charge in [-0.25, -0.2) is 4.79 Å². The fourth-order valence-corrected chi connectivity index (χ4v) is 4.42. The fraction of sp³-hybridized carbons (Fsp3) is 0.350.